The molecule has 1 aromatic rings. The molecule has 1 N–H and O–H groups in total. The summed E-state index contributed by atoms with van der Waals surface area (Å²) in [7, 11) is 0. The molecule has 0 heterocycles. The van der Waals surface area contributed by atoms with E-state index in [2.05, 4.69) is 55.6 Å². The highest BCUT2D eigenvalue weighted by Crippen LogP contribution is 2.01. The third-order valence-corrected chi connectivity index (χ3v) is 2.37. The van der Waals surface area contributed by atoms with Crippen LogP contribution in [0, 0.1) is 0 Å². The standard InChI is InChI=1S/C14H21N/c1-3-4-12-15-13(2)10-11-14-8-6-5-7-9-14/h5-11,13,15H,3-4,12H2,1-2H3. The fourth-order valence-electron chi connectivity index (χ4n) is 1.39. The van der Waals surface area contributed by atoms with Crippen LogP contribution in [0.3, 0.4) is 0 Å². The summed E-state index contributed by atoms with van der Waals surface area (Å²) >= 11 is 0. The van der Waals surface area contributed by atoms with Gasteiger partial charge in [0.1, 0.15) is 0 Å². The zero-order chi connectivity index (χ0) is 10.9. The highest BCUT2D eigenvalue weighted by Gasteiger charge is 1.93. The van der Waals surface area contributed by atoms with Gasteiger partial charge in [-0.2, -0.15) is 0 Å². The first-order valence-electron chi connectivity index (χ1n) is 5.79. The quantitative estimate of drug-likeness (QED) is 0.698. The average Bonchev–Trinajstić information content (AvgIpc) is 2.28. The molecule has 0 aliphatic heterocycles. The molecule has 1 aromatic carbocycles. The molecule has 1 rings (SSSR count). The van der Waals surface area contributed by atoms with Crippen molar-refractivity contribution in [2.24, 2.45) is 0 Å². The van der Waals surface area contributed by atoms with Crippen LogP contribution in [0.5, 0.6) is 0 Å². The smallest absolute Gasteiger partial charge is 0.0224 e. The number of rotatable bonds is 6. The van der Waals surface area contributed by atoms with Gasteiger partial charge in [0.05, 0.1) is 0 Å². The van der Waals surface area contributed by atoms with E-state index in [1.165, 1.54) is 18.4 Å². The normalized spacial score (nSPS) is 13.2. The molecule has 1 heteroatoms. The molecule has 0 radical (unpaired) electrons. The lowest BCUT2D eigenvalue weighted by Crippen LogP contribution is -2.24. The van der Waals surface area contributed by atoms with Crippen LogP contribution in [0.1, 0.15) is 32.3 Å². The fraction of sp³-hybridized carbons (Fsp3) is 0.429. The molecule has 82 valence electrons. The summed E-state index contributed by atoms with van der Waals surface area (Å²) in [4.78, 5) is 0. The van der Waals surface area contributed by atoms with Crippen molar-refractivity contribution in [2.45, 2.75) is 32.7 Å². The topological polar surface area (TPSA) is 12.0 Å². The van der Waals surface area contributed by atoms with Crippen molar-refractivity contribution in [1.82, 2.24) is 5.32 Å². The molecule has 1 unspecified atom stereocenters. The molecule has 0 amide bonds. The Morgan fingerprint density at radius 3 is 2.67 bits per heavy atom. The van der Waals surface area contributed by atoms with E-state index in [0.717, 1.165) is 6.54 Å². The predicted octanol–water partition coefficient (Wildman–Crippen LogP) is 3.48. The second-order valence-electron chi connectivity index (χ2n) is 3.87. The summed E-state index contributed by atoms with van der Waals surface area (Å²) in [6, 6.07) is 10.9. The number of hydrogen-bond donors (Lipinski definition) is 1. The molecule has 0 spiro atoms. The van der Waals surface area contributed by atoms with Gasteiger partial charge in [0.2, 0.25) is 0 Å². The molecule has 0 saturated carbocycles. The molecule has 0 bridgehead atoms. The molecule has 1 nitrogen and oxygen atoms in total. The van der Waals surface area contributed by atoms with Gasteiger partial charge in [-0.3, -0.25) is 0 Å². The van der Waals surface area contributed by atoms with Gasteiger partial charge in [-0.05, 0) is 25.5 Å². The number of hydrogen-bond acceptors (Lipinski definition) is 1. The van der Waals surface area contributed by atoms with Gasteiger partial charge in [-0.15, -0.1) is 0 Å². The van der Waals surface area contributed by atoms with E-state index in [-0.39, 0.29) is 0 Å². The van der Waals surface area contributed by atoms with Crippen molar-refractivity contribution < 1.29 is 0 Å². The minimum Gasteiger partial charge on any atom is -0.311 e. The summed E-state index contributed by atoms with van der Waals surface area (Å²) in [6.45, 7) is 5.51. The van der Waals surface area contributed by atoms with E-state index in [1.54, 1.807) is 0 Å². The van der Waals surface area contributed by atoms with E-state index in [9.17, 15) is 0 Å². The van der Waals surface area contributed by atoms with E-state index in [0.29, 0.717) is 6.04 Å². The summed E-state index contributed by atoms with van der Waals surface area (Å²) in [5, 5.41) is 3.47. The maximum Gasteiger partial charge on any atom is 0.0224 e. The molecular formula is C14H21N. The number of nitrogens with one attached hydrogen (secondary N) is 1. The van der Waals surface area contributed by atoms with Crippen LogP contribution in [0.15, 0.2) is 36.4 Å². The first kappa shape index (κ1) is 12.0. The van der Waals surface area contributed by atoms with Gasteiger partial charge in [0, 0.05) is 6.04 Å². The molecule has 0 fully saturated rings. The maximum absolute atomic E-state index is 3.47. The molecule has 1 atom stereocenters. The van der Waals surface area contributed by atoms with Crippen molar-refractivity contribution in [3.05, 3.63) is 42.0 Å². The van der Waals surface area contributed by atoms with E-state index in [4.69, 9.17) is 0 Å². The summed E-state index contributed by atoms with van der Waals surface area (Å²) in [6.07, 6.45) is 6.89. The van der Waals surface area contributed by atoms with Crippen molar-refractivity contribution >= 4 is 6.08 Å². The van der Waals surface area contributed by atoms with Crippen LogP contribution >= 0.6 is 0 Å². The second kappa shape index (κ2) is 7.24. The minimum absolute atomic E-state index is 0.455. The van der Waals surface area contributed by atoms with Crippen LogP contribution in [-0.2, 0) is 0 Å². The molecular weight excluding hydrogens is 182 g/mol. The average molecular weight is 203 g/mol. The Bertz CT molecular complexity index is 277. The van der Waals surface area contributed by atoms with Gasteiger partial charge in [0.15, 0.2) is 0 Å². The lowest BCUT2D eigenvalue weighted by atomic mass is 10.2. The van der Waals surface area contributed by atoms with Gasteiger partial charge >= 0.3 is 0 Å². The van der Waals surface area contributed by atoms with Crippen LogP contribution in [0.4, 0.5) is 0 Å². The minimum atomic E-state index is 0.455. The molecule has 0 aromatic heterocycles. The third-order valence-electron chi connectivity index (χ3n) is 2.37. The van der Waals surface area contributed by atoms with Gasteiger partial charge in [-0.1, -0.05) is 55.8 Å². The summed E-state index contributed by atoms with van der Waals surface area (Å²) in [5.74, 6) is 0. The Balaban J connectivity index is 2.31. The first-order valence-corrected chi connectivity index (χ1v) is 5.79. The molecule has 0 saturated heterocycles. The highest BCUT2D eigenvalue weighted by atomic mass is 14.9. The van der Waals surface area contributed by atoms with Gasteiger partial charge in [0.25, 0.3) is 0 Å². The Morgan fingerprint density at radius 1 is 1.27 bits per heavy atom. The van der Waals surface area contributed by atoms with E-state index < -0.39 is 0 Å². The Kier molecular flexibility index (Phi) is 5.79. The van der Waals surface area contributed by atoms with E-state index in [1.807, 2.05) is 6.07 Å². The van der Waals surface area contributed by atoms with Crippen molar-refractivity contribution in [3.63, 3.8) is 0 Å². The summed E-state index contributed by atoms with van der Waals surface area (Å²) in [5.41, 5.74) is 1.27. The second-order valence-corrected chi connectivity index (χ2v) is 3.87. The number of unbranched alkanes of at least 4 members (excludes halogenated alkanes) is 1. The monoisotopic (exact) mass is 203 g/mol. The first-order chi connectivity index (χ1) is 7.33. The SMILES string of the molecule is CCCCNC(C)C=Cc1ccccc1. The zero-order valence-corrected chi connectivity index (χ0v) is 9.74. The van der Waals surface area contributed by atoms with Crippen LogP contribution in [0.25, 0.3) is 6.08 Å². The predicted molar refractivity (Wildman–Crippen MR) is 67.8 cm³/mol. The van der Waals surface area contributed by atoms with Crippen LogP contribution < -0.4 is 5.32 Å². The Hall–Kier alpha value is -1.08. The lowest BCUT2D eigenvalue weighted by Gasteiger charge is -2.08. The van der Waals surface area contributed by atoms with Gasteiger partial charge < -0.3 is 5.32 Å². The Morgan fingerprint density at radius 2 is 2.00 bits per heavy atom. The molecule has 0 aliphatic rings. The van der Waals surface area contributed by atoms with Crippen molar-refractivity contribution in [2.75, 3.05) is 6.54 Å². The number of benzene rings is 1. The van der Waals surface area contributed by atoms with Crippen LogP contribution in [-0.4, -0.2) is 12.6 Å². The van der Waals surface area contributed by atoms with Crippen molar-refractivity contribution in [3.8, 4) is 0 Å². The van der Waals surface area contributed by atoms with E-state index >= 15 is 0 Å². The molecule has 0 aliphatic carbocycles. The van der Waals surface area contributed by atoms with Crippen LogP contribution in [0.2, 0.25) is 0 Å². The molecule has 15 heavy (non-hydrogen) atoms. The van der Waals surface area contributed by atoms with Gasteiger partial charge in [-0.25, -0.2) is 0 Å². The van der Waals surface area contributed by atoms with Crippen molar-refractivity contribution in [1.29, 1.82) is 0 Å². The largest absolute Gasteiger partial charge is 0.311 e. The fourth-order valence-corrected chi connectivity index (χ4v) is 1.39. The summed E-state index contributed by atoms with van der Waals surface area (Å²) < 4.78 is 0. The zero-order valence-electron chi connectivity index (χ0n) is 9.74. The maximum atomic E-state index is 3.47. The highest BCUT2D eigenvalue weighted by molar-refractivity contribution is 5.49. The third kappa shape index (κ3) is 5.38. The Labute approximate surface area is 93.2 Å². The lowest BCUT2D eigenvalue weighted by molar-refractivity contribution is 0.601.